The Morgan fingerprint density at radius 3 is 2.60 bits per heavy atom. The maximum atomic E-state index is 5.71. The second kappa shape index (κ2) is 7.70. The van der Waals surface area contributed by atoms with Crippen LogP contribution in [0.4, 0.5) is 5.69 Å². The van der Waals surface area contributed by atoms with Crippen molar-refractivity contribution in [2.24, 2.45) is 0 Å². The molecule has 0 fully saturated rings. The number of benzene rings is 2. The van der Waals surface area contributed by atoms with Crippen molar-refractivity contribution in [3.63, 3.8) is 0 Å². The quantitative estimate of drug-likeness (QED) is 0.618. The molecule has 0 atom stereocenters. The summed E-state index contributed by atoms with van der Waals surface area (Å²) in [5.41, 5.74) is 1.11. The molecule has 0 aliphatic rings. The van der Waals surface area contributed by atoms with Gasteiger partial charge in [-0.25, -0.2) is 0 Å². The summed E-state index contributed by atoms with van der Waals surface area (Å²) in [4.78, 5) is 1.25. The highest BCUT2D eigenvalue weighted by molar-refractivity contribution is 7.98. The molecule has 2 aromatic rings. The third-order valence-electron chi connectivity index (χ3n) is 2.83. The molecule has 2 aromatic carbocycles. The lowest BCUT2D eigenvalue weighted by Crippen LogP contribution is -2.11. The highest BCUT2D eigenvalue weighted by Gasteiger charge is 2.01. The van der Waals surface area contributed by atoms with Crippen molar-refractivity contribution >= 4 is 17.4 Å². The van der Waals surface area contributed by atoms with Gasteiger partial charge in [0.1, 0.15) is 6.61 Å². The second-order valence-corrected chi connectivity index (χ2v) is 5.04. The van der Waals surface area contributed by atoms with Gasteiger partial charge in [-0.2, -0.15) is 0 Å². The smallest absolute Gasteiger partial charge is 0.161 e. The van der Waals surface area contributed by atoms with Crippen LogP contribution in [0.15, 0.2) is 53.4 Å². The molecular formula is C16H19NO2S. The molecule has 0 amide bonds. The van der Waals surface area contributed by atoms with Gasteiger partial charge in [-0.05, 0) is 36.6 Å². The first kappa shape index (κ1) is 14.6. The minimum Gasteiger partial charge on any atom is -0.493 e. The fourth-order valence-electron chi connectivity index (χ4n) is 1.83. The van der Waals surface area contributed by atoms with Crippen molar-refractivity contribution < 1.29 is 9.47 Å². The number of para-hydroxylation sites is 2. The maximum Gasteiger partial charge on any atom is 0.161 e. The van der Waals surface area contributed by atoms with E-state index in [4.69, 9.17) is 9.47 Å². The molecule has 0 aliphatic carbocycles. The number of ether oxygens (including phenoxy) is 2. The number of rotatable bonds is 7. The van der Waals surface area contributed by atoms with Crippen LogP contribution in [0.1, 0.15) is 0 Å². The zero-order valence-electron chi connectivity index (χ0n) is 11.8. The topological polar surface area (TPSA) is 30.5 Å². The monoisotopic (exact) mass is 289 g/mol. The predicted molar refractivity (Wildman–Crippen MR) is 85.2 cm³/mol. The summed E-state index contributed by atoms with van der Waals surface area (Å²) in [5, 5.41) is 3.35. The largest absolute Gasteiger partial charge is 0.493 e. The van der Waals surface area contributed by atoms with Crippen molar-refractivity contribution in [3.05, 3.63) is 48.5 Å². The zero-order valence-corrected chi connectivity index (χ0v) is 12.6. The lowest BCUT2D eigenvalue weighted by atomic mass is 10.3. The van der Waals surface area contributed by atoms with E-state index in [0.717, 1.165) is 23.7 Å². The first-order valence-corrected chi connectivity index (χ1v) is 7.69. The van der Waals surface area contributed by atoms with Crippen LogP contribution in [0.5, 0.6) is 11.5 Å². The Morgan fingerprint density at radius 1 is 1.05 bits per heavy atom. The van der Waals surface area contributed by atoms with E-state index in [1.807, 2.05) is 24.3 Å². The molecule has 0 radical (unpaired) electrons. The Kier molecular flexibility index (Phi) is 5.62. The lowest BCUT2D eigenvalue weighted by Gasteiger charge is -2.11. The highest BCUT2D eigenvalue weighted by Crippen LogP contribution is 2.25. The van der Waals surface area contributed by atoms with E-state index in [1.165, 1.54) is 4.90 Å². The molecule has 1 N–H and O–H groups in total. The van der Waals surface area contributed by atoms with Crippen LogP contribution in [0.25, 0.3) is 0 Å². The number of anilines is 1. The lowest BCUT2D eigenvalue weighted by molar-refractivity contribution is 0.306. The first-order chi connectivity index (χ1) is 9.83. The number of methoxy groups -OCH3 is 1. The van der Waals surface area contributed by atoms with Crippen molar-refractivity contribution in [2.75, 3.05) is 31.8 Å². The molecule has 0 saturated heterocycles. The molecule has 2 rings (SSSR count). The Bertz CT molecular complexity index is 546. The molecule has 4 heteroatoms. The van der Waals surface area contributed by atoms with E-state index in [1.54, 1.807) is 18.9 Å². The van der Waals surface area contributed by atoms with Crippen molar-refractivity contribution in [1.29, 1.82) is 0 Å². The van der Waals surface area contributed by atoms with E-state index in [-0.39, 0.29) is 0 Å². The standard InChI is InChI=1S/C16H19NO2S/c1-18-15-8-3-4-9-16(15)19-11-10-17-13-6-5-7-14(12-13)20-2/h3-9,12,17H,10-11H2,1-2H3. The van der Waals surface area contributed by atoms with Gasteiger partial charge in [0.05, 0.1) is 7.11 Å². The fraction of sp³-hybridized carbons (Fsp3) is 0.250. The molecule has 0 unspecified atom stereocenters. The fourth-order valence-corrected chi connectivity index (χ4v) is 2.29. The van der Waals surface area contributed by atoms with Gasteiger partial charge in [0.15, 0.2) is 11.5 Å². The van der Waals surface area contributed by atoms with Crippen molar-refractivity contribution in [1.82, 2.24) is 0 Å². The summed E-state index contributed by atoms with van der Waals surface area (Å²) in [6, 6.07) is 16.0. The normalized spacial score (nSPS) is 10.1. The highest BCUT2D eigenvalue weighted by atomic mass is 32.2. The molecule has 0 heterocycles. The second-order valence-electron chi connectivity index (χ2n) is 4.16. The minimum absolute atomic E-state index is 0.587. The maximum absolute atomic E-state index is 5.71. The van der Waals surface area contributed by atoms with Gasteiger partial charge in [-0.15, -0.1) is 11.8 Å². The molecule has 0 bridgehead atoms. The van der Waals surface area contributed by atoms with Gasteiger partial charge in [-0.3, -0.25) is 0 Å². The summed E-state index contributed by atoms with van der Waals surface area (Å²) >= 11 is 1.74. The first-order valence-electron chi connectivity index (χ1n) is 6.47. The molecule has 0 saturated carbocycles. The SMILES string of the molecule is COc1ccccc1OCCNc1cccc(SC)c1. The Morgan fingerprint density at radius 2 is 1.85 bits per heavy atom. The van der Waals surface area contributed by atoms with E-state index in [9.17, 15) is 0 Å². The van der Waals surface area contributed by atoms with Gasteiger partial charge in [-0.1, -0.05) is 18.2 Å². The number of hydrogen-bond acceptors (Lipinski definition) is 4. The zero-order chi connectivity index (χ0) is 14.2. The average Bonchev–Trinajstić information content (AvgIpc) is 2.52. The summed E-state index contributed by atoms with van der Waals surface area (Å²) < 4.78 is 11.0. The van der Waals surface area contributed by atoms with Crippen molar-refractivity contribution in [2.45, 2.75) is 4.90 Å². The van der Waals surface area contributed by atoms with Gasteiger partial charge >= 0.3 is 0 Å². The number of hydrogen-bond donors (Lipinski definition) is 1. The average molecular weight is 289 g/mol. The van der Waals surface area contributed by atoms with Crippen LogP contribution < -0.4 is 14.8 Å². The molecule has 0 aliphatic heterocycles. The van der Waals surface area contributed by atoms with Gasteiger partial charge in [0.25, 0.3) is 0 Å². The molecule has 106 valence electrons. The Labute approximate surface area is 124 Å². The molecule has 0 spiro atoms. The van der Waals surface area contributed by atoms with E-state index in [2.05, 4.69) is 35.8 Å². The Hall–Kier alpha value is -1.81. The summed E-state index contributed by atoms with van der Waals surface area (Å²) in [6.45, 7) is 1.33. The summed E-state index contributed by atoms with van der Waals surface area (Å²) in [5.74, 6) is 1.53. The third kappa shape index (κ3) is 4.10. The van der Waals surface area contributed by atoms with Crippen LogP contribution >= 0.6 is 11.8 Å². The predicted octanol–water partition coefficient (Wildman–Crippen LogP) is 3.91. The molecule has 0 aromatic heterocycles. The Balaban J connectivity index is 1.81. The van der Waals surface area contributed by atoms with E-state index < -0.39 is 0 Å². The van der Waals surface area contributed by atoms with Crippen LogP contribution in [0, 0.1) is 0 Å². The van der Waals surface area contributed by atoms with Gasteiger partial charge in [0.2, 0.25) is 0 Å². The third-order valence-corrected chi connectivity index (χ3v) is 3.55. The van der Waals surface area contributed by atoms with Crippen LogP contribution in [-0.2, 0) is 0 Å². The molecule has 3 nitrogen and oxygen atoms in total. The summed E-state index contributed by atoms with van der Waals surface area (Å²) in [7, 11) is 1.65. The van der Waals surface area contributed by atoms with Gasteiger partial charge in [0, 0.05) is 17.1 Å². The minimum atomic E-state index is 0.587. The van der Waals surface area contributed by atoms with E-state index in [0.29, 0.717) is 6.61 Å². The van der Waals surface area contributed by atoms with Crippen LogP contribution in [0.2, 0.25) is 0 Å². The number of thioether (sulfide) groups is 1. The molecular weight excluding hydrogens is 270 g/mol. The van der Waals surface area contributed by atoms with Crippen LogP contribution in [-0.4, -0.2) is 26.5 Å². The van der Waals surface area contributed by atoms with Crippen LogP contribution in [0.3, 0.4) is 0 Å². The van der Waals surface area contributed by atoms with E-state index >= 15 is 0 Å². The summed E-state index contributed by atoms with van der Waals surface area (Å²) in [6.07, 6.45) is 2.07. The van der Waals surface area contributed by atoms with Gasteiger partial charge < -0.3 is 14.8 Å². The van der Waals surface area contributed by atoms with Crippen molar-refractivity contribution in [3.8, 4) is 11.5 Å². The molecule has 20 heavy (non-hydrogen) atoms. The number of nitrogens with one attached hydrogen (secondary N) is 1.